The fourth-order valence-corrected chi connectivity index (χ4v) is 2.72. The van der Waals surface area contributed by atoms with Gasteiger partial charge in [0.25, 0.3) is 0 Å². The van der Waals surface area contributed by atoms with Crippen molar-refractivity contribution in [2.24, 2.45) is 5.92 Å². The molecular formula is C14H23NO. The highest BCUT2D eigenvalue weighted by molar-refractivity contribution is 5.04. The summed E-state index contributed by atoms with van der Waals surface area (Å²) in [5.41, 5.74) is 1.26. The Bertz CT molecular complexity index is 273. The lowest BCUT2D eigenvalue weighted by Gasteiger charge is -2.28. The molecule has 0 spiro atoms. The van der Waals surface area contributed by atoms with E-state index >= 15 is 0 Å². The van der Waals surface area contributed by atoms with Gasteiger partial charge in [-0.05, 0) is 37.7 Å². The van der Waals surface area contributed by atoms with Crippen molar-refractivity contribution in [2.75, 3.05) is 0 Å². The molecule has 1 aromatic heterocycles. The highest BCUT2D eigenvalue weighted by Gasteiger charge is 2.19. The SMILES string of the molecule is CCCC1CCC(NCc2ccoc2)CC1. The number of hydrogen-bond donors (Lipinski definition) is 1. The minimum atomic E-state index is 0.725. The molecule has 1 heterocycles. The third-order valence-corrected chi connectivity index (χ3v) is 3.72. The van der Waals surface area contributed by atoms with E-state index < -0.39 is 0 Å². The van der Waals surface area contributed by atoms with Gasteiger partial charge in [0.15, 0.2) is 0 Å². The van der Waals surface area contributed by atoms with Gasteiger partial charge in [0.2, 0.25) is 0 Å². The zero-order valence-electron chi connectivity index (χ0n) is 10.2. The highest BCUT2D eigenvalue weighted by atomic mass is 16.3. The summed E-state index contributed by atoms with van der Waals surface area (Å²) in [6.07, 6.45) is 11.9. The molecule has 1 fully saturated rings. The molecule has 0 aliphatic heterocycles. The number of hydrogen-bond acceptors (Lipinski definition) is 2. The van der Waals surface area contributed by atoms with Crippen LogP contribution in [0.4, 0.5) is 0 Å². The van der Waals surface area contributed by atoms with Gasteiger partial charge in [-0.1, -0.05) is 19.8 Å². The van der Waals surface area contributed by atoms with Gasteiger partial charge in [0.05, 0.1) is 12.5 Å². The van der Waals surface area contributed by atoms with E-state index in [0.717, 1.165) is 18.5 Å². The molecular weight excluding hydrogens is 198 g/mol. The van der Waals surface area contributed by atoms with Gasteiger partial charge < -0.3 is 9.73 Å². The molecule has 16 heavy (non-hydrogen) atoms. The molecule has 1 aliphatic rings. The molecule has 0 aromatic carbocycles. The van der Waals surface area contributed by atoms with Crippen molar-refractivity contribution < 1.29 is 4.42 Å². The summed E-state index contributed by atoms with van der Waals surface area (Å²) in [5, 5.41) is 3.63. The summed E-state index contributed by atoms with van der Waals surface area (Å²) in [7, 11) is 0. The van der Waals surface area contributed by atoms with Gasteiger partial charge in [-0.3, -0.25) is 0 Å². The van der Waals surface area contributed by atoms with Crippen LogP contribution in [0.3, 0.4) is 0 Å². The van der Waals surface area contributed by atoms with Gasteiger partial charge in [-0.15, -0.1) is 0 Å². The third-order valence-electron chi connectivity index (χ3n) is 3.72. The molecule has 2 rings (SSSR count). The number of rotatable bonds is 5. The van der Waals surface area contributed by atoms with Crippen LogP contribution in [-0.2, 0) is 6.54 Å². The molecule has 0 radical (unpaired) electrons. The molecule has 1 aliphatic carbocycles. The minimum absolute atomic E-state index is 0.725. The highest BCUT2D eigenvalue weighted by Crippen LogP contribution is 2.27. The zero-order valence-corrected chi connectivity index (χ0v) is 10.2. The molecule has 1 saturated carbocycles. The van der Waals surface area contributed by atoms with Gasteiger partial charge in [0.1, 0.15) is 0 Å². The van der Waals surface area contributed by atoms with Crippen molar-refractivity contribution in [3.05, 3.63) is 24.2 Å². The van der Waals surface area contributed by atoms with Crippen LogP contribution in [0.2, 0.25) is 0 Å². The molecule has 0 atom stereocenters. The van der Waals surface area contributed by atoms with Crippen LogP contribution in [0, 0.1) is 5.92 Å². The maximum absolute atomic E-state index is 5.06. The van der Waals surface area contributed by atoms with Crippen molar-refractivity contribution in [1.29, 1.82) is 0 Å². The van der Waals surface area contributed by atoms with Crippen LogP contribution in [0.5, 0.6) is 0 Å². The smallest absolute Gasteiger partial charge is 0.0947 e. The van der Waals surface area contributed by atoms with Gasteiger partial charge in [-0.2, -0.15) is 0 Å². The summed E-state index contributed by atoms with van der Waals surface area (Å²) in [6, 6.07) is 2.76. The Balaban J connectivity index is 1.65. The van der Waals surface area contributed by atoms with Crippen molar-refractivity contribution >= 4 is 0 Å². The molecule has 1 N–H and O–H groups in total. The Labute approximate surface area is 98.4 Å². The first-order valence-corrected chi connectivity index (χ1v) is 6.63. The van der Waals surface area contributed by atoms with Crippen LogP contribution < -0.4 is 5.32 Å². The minimum Gasteiger partial charge on any atom is -0.472 e. The standard InChI is InChI=1S/C14H23NO/c1-2-3-12-4-6-14(7-5-12)15-10-13-8-9-16-11-13/h8-9,11-12,14-15H,2-7,10H2,1H3. The normalized spacial score (nSPS) is 25.8. The van der Waals surface area contributed by atoms with Crippen molar-refractivity contribution in [1.82, 2.24) is 5.32 Å². The van der Waals surface area contributed by atoms with Crippen LogP contribution in [0.25, 0.3) is 0 Å². The largest absolute Gasteiger partial charge is 0.472 e. The van der Waals surface area contributed by atoms with E-state index in [1.807, 2.05) is 12.3 Å². The molecule has 2 heteroatoms. The first kappa shape index (κ1) is 11.7. The molecule has 1 aromatic rings. The molecule has 0 saturated heterocycles. The summed E-state index contributed by atoms with van der Waals surface area (Å²) in [6.45, 7) is 3.25. The summed E-state index contributed by atoms with van der Waals surface area (Å²) in [5.74, 6) is 0.997. The van der Waals surface area contributed by atoms with E-state index in [2.05, 4.69) is 12.2 Å². The van der Waals surface area contributed by atoms with E-state index in [1.54, 1.807) is 6.26 Å². The lowest BCUT2D eigenvalue weighted by molar-refractivity contribution is 0.277. The topological polar surface area (TPSA) is 25.2 Å². The maximum atomic E-state index is 5.06. The first-order chi connectivity index (χ1) is 7.88. The van der Waals surface area contributed by atoms with Crippen molar-refractivity contribution in [2.45, 2.75) is 58.0 Å². The predicted octanol–water partition coefficient (Wildman–Crippen LogP) is 3.73. The molecule has 0 amide bonds. The number of furan rings is 1. The molecule has 90 valence electrons. The quantitative estimate of drug-likeness (QED) is 0.819. The Kier molecular flexibility index (Phi) is 4.46. The zero-order chi connectivity index (χ0) is 11.2. The summed E-state index contributed by atoms with van der Waals surface area (Å²) >= 11 is 0. The average molecular weight is 221 g/mol. The lowest BCUT2D eigenvalue weighted by Crippen LogP contribution is -2.32. The Morgan fingerprint density at radius 2 is 2.12 bits per heavy atom. The second-order valence-electron chi connectivity index (χ2n) is 5.02. The average Bonchev–Trinajstić information content (AvgIpc) is 2.82. The van der Waals surface area contributed by atoms with E-state index in [0.29, 0.717) is 0 Å². The summed E-state index contributed by atoms with van der Waals surface area (Å²) < 4.78 is 5.06. The molecule has 2 nitrogen and oxygen atoms in total. The van der Waals surface area contributed by atoms with E-state index in [4.69, 9.17) is 4.42 Å². The second-order valence-corrected chi connectivity index (χ2v) is 5.02. The van der Waals surface area contributed by atoms with E-state index in [1.165, 1.54) is 44.1 Å². The van der Waals surface area contributed by atoms with E-state index in [9.17, 15) is 0 Å². The van der Waals surface area contributed by atoms with Crippen molar-refractivity contribution in [3.8, 4) is 0 Å². The second kappa shape index (κ2) is 6.09. The van der Waals surface area contributed by atoms with E-state index in [-0.39, 0.29) is 0 Å². The van der Waals surface area contributed by atoms with Gasteiger partial charge in [-0.25, -0.2) is 0 Å². The maximum Gasteiger partial charge on any atom is 0.0947 e. The Morgan fingerprint density at radius 1 is 1.31 bits per heavy atom. The predicted molar refractivity (Wildman–Crippen MR) is 66.2 cm³/mol. The van der Waals surface area contributed by atoms with Gasteiger partial charge >= 0.3 is 0 Å². The monoisotopic (exact) mass is 221 g/mol. The van der Waals surface area contributed by atoms with Crippen LogP contribution in [-0.4, -0.2) is 6.04 Å². The van der Waals surface area contributed by atoms with Gasteiger partial charge in [0, 0.05) is 18.2 Å². The number of nitrogens with one attached hydrogen (secondary N) is 1. The van der Waals surface area contributed by atoms with Crippen LogP contribution in [0.15, 0.2) is 23.0 Å². The lowest BCUT2D eigenvalue weighted by atomic mass is 9.83. The van der Waals surface area contributed by atoms with Crippen LogP contribution in [0.1, 0.15) is 51.0 Å². The fourth-order valence-electron chi connectivity index (χ4n) is 2.72. The summed E-state index contributed by atoms with van der Waals surface area (Å²) in [4.78, 5) is 0. The third kappa shape index (κ3) is 3.38. The Hall–Kier alpha value is -0.760. The van der Waals surface area contributed by atoms with Crippen molar-refractivity contribution in [3.63, 3.8) is 0 Å². The van der Waals surface area contributed by atoms with Crippen LogP contribution >= 0.6 is 0 Å². The Morgan fingerprint density at radius 3 is 2.75 bits per heavy atom. The molecule has 0 bridgehead atoms. The molecule has 0 unspecified atom stereocenters. The fraction of sp³-hybridized carbons (Fsp3) is 0.714. The first-order valence-electron chi connectivity index (χ1n) is 6.63.